The van der Waals surface area contributed by atoms with E-state index < -0.39 is 0 Å². The van der Waals surface area contributed by atoms with Gasteiger partial charge >= 0.3 is 0 Å². The normalized spacial score (nSPS) is 17.5. The summed E-state index contributed by atoms with van der Waals surface area (Å²) in [6.07, 6.45) is 7.88. The lowest BCUT2D eigenvalue weighted by molar-refractivity contribution is 0.257. The van der Waals surface area contributed by atoms with Gasteiger partial charge in [-0.15, -0.1) is 0 Å². The van der Waals surface area contributed by atoms with Crippen molar-refractivity contribution < 1.29 is 0 Å². The summed E-state index contributed by atoms with van der Waals surface area (Å²) in [7, 11) is 2.05. The van der Waals surface area contributed by atoms with E-state index in [0.29, 0.717) is 6.04 Å². The van der Waals surface area contributed by atoms with Crippen LogP contribution in [0.4, 0.5) is 0 Å². The molecule has 1 N–H and O–H groups in total. The molecule has 1 aromatic rings. The van der Waals surface area contributed by atoms with E-state index in [1.54, 1.807) is 0 Å². The average Bonchev–Trinajstić information content (AvgIpc) is 2.56. The maximum Gasteiger partial charge on any atom is 0.0738 e. The molecular formula is C15H26BrN3. The van der Waals surface area contributed by atoms with Crippen molar-refractivity contribution in [3.63, 3.8) is 0 Å². The second kappa shape index (κ2) is 6.89. The third-order valence-corrected chi connectivity index (χ3v) is 5.26. The van der Waals surface area contributed by atoms with Crippen molar-refractivity contribution in [1.82, 2.24) is 15.1 Å². The van der Waals surface area contributed by atoms with Crippen LogP contribution in [0.5, 0.6) is 0 Å². The van der Waals surface area contributed by atoms with Gasteiger partial charge in [-0.1, -0.05) is 26.2 Å². The van der Waals surface area contributed by atoms with Crippen molar-refractivity contribution in [2.75, 3.05) is 6.54 Å². The highest BCUT2D eigenvalue weighted by atomic mass is 79.9. The summed E-state index contributed by atoms with van der Waals surface area (Å²) in [4.78, 5) is 0. The predicted molar refractivity (Wildman–Crippen MR) is 83.4 cm³/mol. The third-order valence-electron chi connectivity index (χ3n) is 4.23. The van der Waals surface area contributed by atoms with Crippen LogP contribution in [0.1, 0.15) is 50.4 Å². The second-order valence-electron chi connectivity index (χ2n) is 5.86. The number of rotatable bonds is 7. The van der Waals surface area contributed by atoms with Gasteiger partial charge in [0.15, 0.2) is 0 Å². The molecule has 108 valence electrons. The van der Waals surface area contributed by atoms with Crippen molar-refractivity contribution in [3.8, 4) is 0 Å². The first-order valence-corrected chi connectivity index (χ1v) is 8.32. The minimum Gasteiger partial charge on any atom is -0.314 e. The van der Waals surface area contributed by atoms with Crippen LogP contribution in [-0.2, 0) is 13.5 Å². The molecule has 2 rings (SSSR count). The molecule has 3 nitrogen and oxygen atoms in total. The largest absolute Gasteiger partial charge is 0.314 e. The molecule has 1 atom stereocenters. The molecule has 0 saturated heterocycles. The number of hydrogen-bond donors (Lipinski definition) is 1. The predicted octanol–water partition coefficient (Wildman–Crippen LogP) is 3.59. The van der Waals surface area contributed by atoms with Gasteiger partial charge in [-0.25, -0.2) is 0 Å². The second-order valence-corrected chi connectivity index (χ2v) is 6.65. The van der Waals surface area contributed by atoms with Crippen LogP contribution in [0.25, 0.3) is 0 Å². The van der Waals surface area contributed by atoms with Gasteiger partial charge in [-0.3, -0.25) is 4.68 Å². The average molecular weight is 328 g/mol. The molecule has 0 bridgehead atoms. The minimum atomic E-state index is 0.594. The van der Waals surface area contributed by atoms with Crippen molar-refractivity contribution in [2.24, 2.45) is 13.0 Å². The van der Waals surface area contributed by atoms with Crippen LogP contribution in [0.2, 0.25) is 0 Å². The maximum atomic E-state index is 4.50. The van der Waals surface area contributed by atoms with E-state index in [9.17, 15) is 0 Å². The van der Waals surface area contributed by atoms with Crippen molar-refractivity contribution in [3.05, 3.63) is 15.9 Å². The van der Waals surface area contributed by atoms with Gasteiger partial charge in [0, 0.05) is 19.5 Å². The fraction of sp³-hybridized carbons (Fsp3) is 0.800. The Morgan fingerprint density at radius 3 is 2.68 bits per heavy atom. The highest BCUT2D eigenvalue weighted by Crippen LogP contribution is 2.32. The lowest BCUT2D eigenvalue weighted by atomic mass is 9.80. The number of nitrogens with zero attached hydrogens (tertiary/aromatic N) is 2. The van der Waals surface area contributed by atoms with Crippen LogP contribution in [0.15, 0.2) is 4.47 Å². The Labute approximate surface area is 125 Å². The molecule has 0 amide bonds. The molecule has 0 spiro atoms. The highest BCUT2D eigenvalue weighted by molar-refractivity contribution is 9.10. The molecule has 1 heterocycles. The Kier molecular flexibility index (Phi) is 5.46. The smallest absolute Gasteiger partial charge is 0.0738 e. The van der Waals surface area contributed by atoms with Crippen molar-refractivity contribution >= 4 is 15.9 Å². The topological polar surface area (TPSA) is 29.9 Å². The third kappa shape index (κ3) is 3.82. The molecule has 0 radical (unpaired) electrons. The quantitative estimate of drug-likeness (QED) is 0.829. The van der Waals surface area contributed by atoms with E-state index in [-0.39, 0.29) is 0 Å². The standard InChI is InChI=1S/C15H26BrN3/c1-4-8-17-13(9-12-6-5-7-12)10-14-15(16)11(2)18-19(14)3/h12-13,17H,4-10H2,1-3H3. The van der Waals surface area contributed by atoms with Gasteiger partial charge in [0.1, 0.15) is 0 Å². The Balaban J connectivity index is 2.00. The minimum absolute atomic E-state index is 0.594. The maximum absolute atomic E-state index is 4.50. The summed E-state index contributed by atoms with van der Waals surface area (Å²) < 4.78 is 3.22. The lowest BCUT2D eigenvalue weighted by Crippen LogP contribution is -2.35. The number of nitrogens with one attached hydrogen (secondary N) is 1. The van der Waals surface area contributed by atoms with Crippen LogP contribution in [-0.4, -0.2) is 22.4 Å². The monoisotopic (exact) mass is 327 g/mol. The fourth-order valence-corrected chi connectivity index (χ4v) is 3.35. The molecule has 0 aromatic carbocycles. The van der Waals surface area contributed by atoms with Gasteiger partial charge in [-0.05, 0) is 48.2 Å². The lowest BCUT2D eigenvalue weighted by Gasteiger charge is -2.30. The first kappa shape index (κ1) is 15.0. The van der Waals surface area contributed by atoms with Gasteiger partial charge in [0.25, 0.3) is 0 Å². The Morgan fingerprint density at radius 1 is 1.47 bits per heavy atom. The summed E-state index contributed by atoms with van der Waals surface area (Å²) in [5.41, 5.74) is 2.42. The zero-order valence-electron chi connectivity index (χ0n) is 12.4. The number of halogens is 1. The fourth-order valence-electron chi connectivity index (χ4n) is 2.85. The number of aromatic nitrogens is 2. The molecule has 1 saturated carbocycles. The van der Waals surface area contributed by atoms with E-state index in [1.807, 2.05) is 11.7 Å². The molecule has 1 aliphatic carbocycles. The molecule has 1 fully saturated rings. The SMILES string of the molecule is CCCNC(Cc1c(Br)c(C)nn1C)CC1CCC1. The van der Waals surface area contributed by atoms with Gasteiger partial charge in [0.05, 0.1) is 15.9 Å². The van der Waals surface area contributed by atoms with Crippen molar-refractivity contribution in [1.29, 1.82) is 0 Å². The Bertz CT molecular complexity index is 410. The summed E-state index contributed by atoms with van der Waals surface area (Å²) >= 11 is 3.68. The Hall–Kier alpha value is -0.350. The molecular weight excluding hydrogens is 302 g/mol. The van der Waals surface area contributed by atoms with E-state index in [0.717, 1.165) is 24.6 Å². The molecule has 1 unspecified atom stereocenters. The zero-order valence-corrected chi connectivity index (χ0v) is 14.0. The molecule has 4 heteroatoms. The van der Waals surface area contributed by atoms with Crippen LogP contribution >= 0.6 is 15.9 Å². The summed E-state index contributed by atoms with van der Waals surface area (Å²) in [6, 6.07) is 0.594. The molecule has 1 aliphatic rings. The molecule has 19 heavy (non-hydrogen) atoms. The van der Waals surface area contributed by atoms with Gasteiger partial charge in [-0.2, -0.15) is 5.10 Å². The van der Waals surface area contributed by atoms with Crippen molar-refractivity contribution in [2.45, 2.75) is 58.4 Å². The summed E-state index contributed by atoms with van der Waals surface area (Å²) in [5.74, 6) is 0.947. The van der Waals surface area contributed by atoms with Crippen LogP contribution < -0.4 is 5.32 Å². The van der Waals surface area contributed by atoms with E-state index in [2.05, 4.69) is 40.2 Å². The first-order chi connectivity index (χ1) is 9.11. The van der Waals surface area contributed by atoms with Crippen LogP contribution in [0.3, 0.4) is 0 Å². The summed E-state index contributed by atoms with van der Waals surface area (Å²) in [6.45, 7) is 5.41. The summed E-state index contributed by atoms with van der Waals surface area (Å²) in [5, 5.41) is 8.22. The van der Waals surface area contributed by atoms with E-state index in [1.165, 1.54) is 42.3 Å². The highest BCUT2D eigenvalue weighted by Gasteiger charge is 2.23. The number of aryl methyl sites for hydroxylation is 2. The molecule has 1 aromatic heterocycles. The van der Waals surface area contributed by atoms with E-state index in [4.69, 9.17) is 0 Å². The van der Waals surface area contributed by atoms with Crippen LogP contribution in [0, 0.1) is 12.8 Å². The molecule has 0 aliphatic heterocycles. The van der Waals surface area contributed by atoms with E-state index >= 15 is 0 Å². The van der Waals surface area contributed by atoms with Gasteiger partial charge < -0.3 is 5.32 Å². The zero-order chi connectivity index (χ0) is 13.8. The van der Waals surface area contributed by atoms with Gasteiger partial charge in [0.2, 0.25) is 0 Å². The number of hydrogen-bond acceptors (Lipinski definition) is 2. The Morgan fingerprint density at radius 2 is 2.21 bits per heavy atom. The first-order valence-electron chi connectivity index (χ1n) is 7.53.